The number of aliphatic hydroxyl groups excluding tert-OH is 12. The lowest BCUT2D eigenvalue weighted by Gasteiger charge is -2.50. The van der Waals surface area contributed by atoms with Crippen LogP contribution in [-0.2, 0) is 56.8 Å². The summed E-state index contributed by atoms with van der Waals surface area (Å²) in [6.45, 7) is 2.99. The fraction of sp³-hybridized carbons (Fsp3) is 0.877. The molecule has 0 saturated carbocycles. The van der Waals surface area contributed by atoms with Crippen LogP contribution in [0.4, 0.5) is 0 Å². The number of aliphatic hydroxyl groups is 12. The van der Waals surface area contributed by atoms with Gasteiger partial charge in [-0.15, -0.1) is 0 Å². The Morgan fingerprint density at radius 3 is 1.51 bits per heavy atom. The first kappa shape index (κ1) is 74.4. The zero-order chi connectivity index (χ0) is 64.5. The number of unbranched alkanes of at least 4 members (excludes halogenated alkanes) is 8. The number of nitrogens with one attached hydrogen (secondary N) is 1. The molecule has 5 aliphatic heterocycles. The monoisotopic (exact) mass is 1270 g/mol. The Morgan fingerprint density at radius 1 is 0.591 bits per heavy atom. The van der Waals surface area contributed by atoms with Crippen LogP contribution in [0.2, 0.25) is 0 Å². The molecule has 29 atom stereocenters. The Hall–Kier alpha value is -2.63. The van der Waals surface area contributed by atoms with E-state index in [2.05, 4.69) is 12.2 Å². The predicted octanol–water partition coefficient (Wildman–Crippen LogP) is -5.50. The zero-order valence-corrected chi connectivity index (χ0v) is 50.8. The SMILES string of the molecule is CCCCCCCCCCCOc1cccc(C(=O)NC2C(OC3C(O)C(N)[C@H](OC4C(CO)OC(OC5C(O)C(N)[C@H](OC6C(COC(OC(C)[C@H](C)O)[C@@H](CO)OC)OC(C)C(N)C6O)O[C@H]5CO)C(N)C4O)O[C@H]3CO)OC(CO)C(O)C2O)c1. The van der Waals surface area contributed by atoms with E-state index in [-0.39, 0.29) is 12.2 Å². The molecule has 1 aromatic rings. The highest BCUT2D eigenvalue weighted by Gasteiger charge is 2.56. The van der Waals surface area contributed by atoms with Gasteiger partial charge in [-0.05, 0) is 45.4 Å². The number of carbonyl (C=O) groups excluding carboxylic acids is 1. The number of amides is 1. The van der Waals surface area contributed by atoms with Crippen LogP contribution in [0.3, 0.4) is 0 Å². The first-order valence-corrected chi connectivity index (χ1v) is 30.6. The van der Waals surface area contributed by atoms with Gasteiger partial charge in [0.1, 0.15) is 109 Å². The first-order chi connectivity index (χ1) is 42.1. The number of carbonyl (C=O) groups is 1. The zero-order valence-electron chi connectivity index (χ0n) is 50.8. The molecule has 31 heteroatoms. The van der Waals surface area contributed by atoms with E-state index in [1.54, 1.807) is 26.0 Å². The number of ether oxygens (including phenoxy) is 13. The molecule has 5 fully saturated rings. The lowest BCUT2D eigenvalue weighted by Crippen LogP contribution is -2.71. The van der Waals surface area contributed by atoms with E-state index in [0.29, 0.717) is 12.4 Å². The average Bonchev–Trinajstić information content (AvgIpc) is 1.13. The molecule has 21 N–H and O–H groups in total. The Labute approximate surface area is 512 Å². The third-order valence-electron chi connectivity index (χ3n) is 16.9. The van der Waals surface area contributed by atoms with Crippen LogP contribution in [0.15, 0.2) is 24.3 Å². The highest BCUT2D eigenvalue weighted by atomic mass is 16.8. The summed E-state index contributed by atoms with van der Waals surface area (Å²) in [5, 5.41) is 133. The second-order valence-electron chi connectivity index (χ2n) is 23.4. The summed E-state index contributed by atoms with van der Waals surface area (Å²) in [4.78, 5) is 13.8. The second kappa shape index (κ2) is 36.1. The summed E-state index contributed by atoms with van der Waals surface area (Å²) in [5.41, 5.74) is 25.9. The molecule has 0 aliphatic carbocycles. The van der Waals surface area contributed by atoms with Gasteiger partial charge in [0.05, 0.1) is 88.7 Å². The van der Waals surface area contributed by atoms with Crippen LogP contribution in [0, 0.1) is 0 Å². The van der Waals surface area contributed by atoms with Crippen molar-refractivity contribution in [2.45, 2.75) is 263 Å². The number of hydrogen-bond acceptors (Lipinski definition) is 30. The van der Waals surface area contributed by atoms with E-state index in [4.69, 9.17) is 84.5 Å². The minimum Gasteiger partial charge on any atom is -0.494 e. The van der Waals surface area contributed by atoms with Gasteiger partial charge in [0.15, 0.2) is 31.5 Å². The molecule has 6 rings (SSSR count). The maximum atomic E-state index is 13.8. The van der Waals surface area contributed by atoms with Gasteiger partial charge in [0, 0.05) is 12.7 Å². The highest BCUT2D eigenvalue weighted by Crippen LogP contribution is 2.35. The van der Waals surface area contributed by atoms with Crippen molar-refractivity contribution < 1.29 is 128 Å². The Bertz CT molecular complexity index is 2150. The van der Waals surface area contributed by atoms with Gasteiger partial charge in [0.25, 0.3) is 5.91 Å². The molecule has 510 valence electrons. The van der Waals surface area contributed by atoms with Gasteiger partial charge in [-0.1, -0.05) is 64.4 Å². The topological polar surface area (TPSA) is 496 Å². The molecule has 0 bridgehead atoms. The van der Waals surface area contributed by atoms with E-state index in [1.807, 2.05) is 0 Å². The summed E-state index contributed by atoms with van der Waals surface area (Å²) >= 11 is 0. The molecular formula is C57H101N5O26. The highest BCUT2D eigenvalue weighted by molar-refractivity contribution is 5.94. The predicted molar refractivity (Wildman–Crippen MR) is 305 cm³/mol. The summed E-state index contributed by atoms with van der Waals surface area (Å²) in [6, 6.07) is -0.935. The summed E-state index contributed by atoms with van der Waals surface area (Å²) < 4.78 is 77.4. The molecule has 23 unspecified atom stereocenters. The number of hydrogen-bond donors (Lipinski definition) is 17. The minimum atomic E-state index is -1.82. The van der Waals surface area contributed by atoms with E-state index in [1.165, 1.54) is 58.3 Å². The summed E-state index contributed by atoms with van der Waals surface area (Å²) in [7, 11) is 1.32. The molecular weight excluding hydrogens is 1170 g/mol. The molecule has 5 heterocycles. The molecule has 0 radical (unpaired) electrons. The van der Waals surface area contributed by atoms with Gasteiger partial charge in [-0.25, -0.2) is 0 Å². The van der Waals surface area contributed by atoms with Crippen LogP contribution in [0.25, 0.3) is 0 Å². The van der Waals surface area contributed by atoms with Crippen LogP contribution >= 0.6 is 0 Å². The maximum Gasteiger partial charge on any atom is 0.251 e. The maximum absolute atomic E-state index is 13.8. The van der Waals surface area contributed by atoms with Crippen LogP contribution in [-0.4, -0.2) is 298 Å². The Balaban J connectivity index is 1.07. The van der Waals surface area contributed by atoms with Gasteiger partial charge >= 0.3 is 0 Å². The van der Waals surface area contributed by atoms with E-state index < -0.39 is 217 Å². The van der Waals surface area contributed by atoms with Gasteiger partial charge in [-0.2, -0.15) is 0 Å². The molecule has 5 saturated heterocycles. The van der Waals surface area contributed by atoms with E-state index >= 15 is 0 Å². The molecule has 5 aliphatic rings. The standard InChI is InChI=1S/C57H101N5O26/c1-6-7-8-9-10-11-12-13-14-18-77-30-17-15-16-29(19-30)52(75)62-41-47(74)42(69)31(20-63)81-57(41)88-50-34(23-66)84-55(40(61)46(50)73)86-48-32(21-64)82-54(38(59)44(48)71)85-49-33(22-65)83-56(39(60)45(49)72)87-51-36(79-28(4)37(58)43(51)70)25-78-53(35(24-67)76-5)80-27(3)26(2)68/h15-17,19,26-28,31-51,53-57,63-74H,6-14,18,20-25,58-61H2,1-5H3,(H,62,75)/t26-,27?,28?,31?,32?,33-,34-,35+,36?,37?,38?,39?,40?,41?,42?,43?,44?,45?,46?,47?,48?,49?,50?,51?,53?,54?,55-,56-,57?/m0/s1. The van der Waals surface area contributed by atoms with Crippen LogP contribution in [0.5, 0.6) is 5.75 Å². The summed E-state index contributed by atoms with van der Waals surface area (Å²) in [6.07, 6.45) is -24.9. The fourth-order valence-electron chi connectivity index (χ4n) is 11.2. The Kier molecular flexibility index (Phi) is 30.6. The summed E-state index contributed by atoms with van der Waals surface area (Å²) in [5.74, 6) is -0.318. The van der Waals surface area contributed by atoms with Crippen molar-refractivity contribution in [3.05, 3.63) is 29.8 Å². The molecule has 1 amide bonds. The number of rotatable bonds is 34. The average molecular weight is 1270 g/mol. The third-order valence-corrected chi connectivity index (χ3v) is 16.9. The van der Waals surface area contributed by atoms with Crippen molar-refractivity contribution in [2.75, 3.05) is 53.4 Å². The van der Waals surface area contributed by atoms with Crippen molar-refractivity contribution in [3.63, 3.8) is 0 Å². The quantitative estimate of drug-likeness (QED) is 0.0226. The largest absolute Gasteiger partial charge is 0.494 e. The van der Waals surface area contributed by atoms with E-state index in [0.717, 1.165) is 25.7 Å². The van der Waals surface area contributed by atoms with Gasteiger partial charge in [0.2, 0.25) is 0 Å². The lowest BCUT2D eigenvalue weighted by atomic mass is 9.93. The minimum absolute atomic E-state index is 0.118. The smallest absolute Gasteiger partial charge is 0.251 e. The molecule has 0 aromatic heterocycles. The first-order valence-electron chi connectivity index (χ1n) is 30.6. The van der Waals surface area contributed by atoms with Gasteiger partial charge < -0.3 is 151 Å². The van der Waals surface area contributed by atoms with Crippen LogP contribution < -0.4 is 33.0 Å². The molecule has 0 spiro atoms. The van der Waals surface area contributed by atoms with Crippen molar-refractivity contribution in [2.24, 2.45) is 22.9 Å². The van der Waals surface area contributed by atoms with Crippen LogP contribution in [0.1, 0.15) is 95.8 Å². The molecule has 88 heavy (non-hydrogen) atoms. The van der Waals surface area contributed by atoms with Crippen molar-refractivity contribution >= 4 is 5.91 Å². The Morgan fingerprint density at radius 2 is 1.05 bits per heavy atom. The van der Waals surface area contributed by atoms with Crippen molar-refractivity contribution in [3.8, 4) is 5.75 Å². The lowest BCUT2D eigenvalue weighted by molar-refractivity contribution is -0.363. The van der Waals surface area contributed by atoms with E-state index in [9.17, 15) is 66.1 Å². The van der Waals surface area contributed by atoms with Crippen molar-refractivity contribution in [1.29, 1.82) is 0 Å². The molecule has 31 nitrogen and oxygen atoms in total. The number of methoxy groups -OCH3 is 1. The second-order valence-corrected chi connectivity index (χ2v) is 23.4. The normalized spacial score (nSPS) is 39.5. The third kappa shape index (κ3) is 19.0. The molecule has 1 aromatic carbocycles. The number of benzene rings is 1. The fourth-order valence-corrected chi connectivity index (χ4v) is 11.2. The number of nitrogens with two attached hydrogens (primary N) is 4. The van der Waals surface area contributed by atoms with Gasteiger partial charge in [-0.3, -0.25) is 4.79 Å². The van der Waals surface area contributed by atoms with Crippen molar-refractivity contribution in [1.82, 2.24) is 5.32 Å².